The molecule has 1 N–H and O–H groups in total. The zero-order valence-electron chi connectivity index (χ0n) is 23.1. The van der Waals surface area contributed by atoms with Gasteiger partial charge in [-0.3, -0.25) is 4.79 Å². The van der Waals surface area contributed by atoms with Gasteiger partial charge >= 0.3 is 5.97 Å². The normalized spacial score (nSPS) is 27.4. The first-order chi connectivity index (χ1) is 18.9. The number of allylic oxidation sites excluding steroid dienone is 1. The van der Waals surface area contributed by atoms with Gasteiger partial charge in [0, 0.05) is 23.3 Å². The van der Waals surface area contributed by atoms with Gasteiger partial charge in [-0.2, -0.15) is 0 Å². The Kier molecular flexibility index (Phi) is 9.08. The Morgan fingerprint density at radius 2 is 1.69 bits per heavy atom. The van der Waals surface area contributed by atoms with Crippen LogP contribution in [0.4, 0.5) is 5.69 Å². The third kappa shape index (κ3) is 6.58. The summed E-state index contributed by atoms with van der Waals surface area (Å²) < 4.78 is 11.4. The van der Waals surface area contributed by atoms with Crippen molar-refractivity contribution in [3.8, 4) is 5.75 Å². The Hall–Kier alpha value is -2.64. The van der Waals surface area contributed by atoms with Crippen molar-refractivity contribution in [1.82, 2.24) is 0 Å². The summed E-state index contributed by atoms with van der Waals surface area (Å²) in [5.74, 6) is 1.25. The highest BCUT2D eigenvalue weighted by atomic mass is 32.1. The van der Waals surface area contributed by atoms with Crippen molar-refractivity contribution in [3.05, 3.63) is 52.2 Å². The van der Waals surface area contributed by atoms with Crippen LogP contribution < -0.4 is 9.64 Å². The summed E-state index contributed by atoms with van der Waals surface area (Å²) >= 11 is 1.43. The molecular formula is C32H41NO5S. The van der Waals surface area contributed by atoms with Crippen LogP contribution in [0, 0.1) is 11.8 Å². The molecule has 1 unspecified atom stereocenters. The molecule has 0 radical (unpaired) electrons. The summed E-state index contributed by atoms with van der Waals surface area (Å²) in [7, 11) is 1.41. The number of esters is 1. The number of para-hydroxylation sites is 1. The van der Waals surface area contributed by atoms with Crippen LogP contribution in [0.5, 0.6) is 5.75 Å². The highest BCUT2D eigenvalue weighted by Crippen LogP contribution is 2.42. The molecule has 1 aromatic heterocycles. The molecule has 1 aromatic carbocycles. The number of ether oxygens (including phenoxy) is 2. The maximum absolute atomic E-state index is 14.1. The highest BCUT2D eigenvalue weighted by molar-refractivity contribution is 7.15. The third-order valence-electron chi connectivity index (χ3n) is 8.70. The molecule has 0 spiro atoms. The molecule has 0 bridgehead atoms. The molecule has 5 rings (SSSR count). The van der Waals surface area contributed by atoms with E-state index < -0.39 is 5.97 Å². The number of hydrogen-bond acceptors (Lipinski definition) is 6. The van der Waals surface area contributed by atoms with Gasteiger partial charge < -0.3 is 19.5 Å². The first-order valence-electron chi connectivity index (χ1n) is 14.6. The van der Waals surface area contributed by atoms with Gasteiger partial charge in [0.05, 0.1) is 18.9 Å². The van der Waals surface area contributed by atoms with Crippen molar-refractivity contribution in [3.63, 3.8) is 0 Å². The fraction of sp³-hybridized carbons (Fsp3) is 0.562. The largest absolute Gasteiger partial charge is 0.490 e. The second kappa shape index (κ2) is 12.7. The zero-order chi connectivity index (χ0) is 27.4. The van der Waals surface area contributed by atoms with Gasteiger partial charge in [-0.15, -0.1) is 11.3 Å². The van der Waals surface area contributed by atoms with E-state index in [0.717, 1.165) is 68.4 Å². The van der Waals surface area contributed by atoms with Gasteiger partial charge in [-0.25, -0.2) is 4.79 Å². The lowest BCUT2D eigenvalue weighted by Crippen LogP contribution is -2.47. The van der Waals surface area contributed by atoms with E-state index in [0.29, 0.717) is 29.3 Å². The van der Waals surface area contributed by atoms with Crippen LogP contribution in [0.1, 0.15) is 92.1 Å². The summed E-state index contributed by atoms with van der Waals surface area (Å²) in [4.78, 5) is 30.6. The van der Waals surface area contributed by atoms with E-state index in [2.05, 4.69) is 19.1 Å². The number of methoxy groups -OCH3 is 1. The summed E-state index contributed by atoms with van der Waals surface area (Å²) in [5, 5.41) is 10.2. The van der Waals surface area contributed by atoms with E-state index >= 15 is 0 Å². The topological polar surface area (TPSA) is 76.1 Å². The SMILES string of the molecule is COC(=O)c1sc(C2=CCC(Oc3ccccc3)CC2)cc1N(C(=O)C1CCC(C)CC1)C1CCC(O)CC1. The first kappa shape index (κ1) is 27.9. The van der Waals surface area contributed by atoms with Crippen LogP contribution in [0.25, 0.3) is 5.57 Å². The molecule has 2 aromatic rings. The number of rotatable bonds is 7. The number of carbonyl (C=O) groups is 2. The number of benzene rings is 1. The smallest absolute Gasteiger partial charge is 0.350 e. The Labute approximate surface area is 236 Å². The van der Waals surface area contributed by atoms with Gasteiger partial charge in [-0.1, -0.05) is 31.2 Å². The van der Waals surface area contributed by atoms with Gasteiger partial charge in [0.2, 0.25) is 5.91 Å². The maximum atomic E-state index is 14.1. The molecule has 7 heteroatoms. The van der Waals surface area contributed by atoms with Crippen LogP contribution in [-0.2, 0) is 9.53 Å². The molecule has 39 heavy (non-hydrogen) atoms. The Balaban J connectivity index is 1.43. The summed E-state index contributed by atoms with van der Waals surface area (Å²) in [6, 6.07) is 11.9. The molecule has 3 aliphatic carbocycles. The second-order valence-corrected chi connectivity index (χ2v) is 12.6. The molecule has 1 atom stereocenters. The van der Waals surface area contributed by atoms with Crippen molar-refractivity contribution in [2.45, 2.75) is 95.8 Å². The van der Waals surface area contributed by atoms with Crippen molar-refractivity contribution in [2.75, 3.05) is 12.0 Å². The standard InChI is InChI=1S/C32H41NO5S/c1-21-8-10-23(11-9-21)31(35)33(24-14-16-25(34)17-15-24)28-20-29(39-30(28)32(36)37-2)22-12-18-27(19-13-22)38-26-6-4-3-5-7-26/h3-7,12,20-21,23-25,27,34H,8-11,13-19H2,1-2H3. The number of anilines is 1. The minimum Gasteiger partial charge on any atom is -0.490 e. The van der Waals surface area contributed by atoms with Crippen molar-refractivity contribution < 1.29 is 24.2 Å². The molecule has 2 saturated carbocycles. The number of carbonyl (C=O) groups excluding carboxylic acids is 2. The lowest BCUT2D eigenvalue weighted by molar-refractivity contribution is -0.124. The fourth-order valence-electron chi connectivity index (χ4n) is 6.31. The fourth-order valence-corrected chi connectivity index (χ4v) is 7.44. The zero-order valence-corrected chi connectivity index (χ0v) is 24.0. The Morgan fingerprint density at radius 1 is 0.974 bits per heavy atom. The molecular weight excluding hydrogens is 510 g/mol. The number of thiophene rings is 1. The van der Waals surface area contributed by atoms with Crippen LogP contribution in [0.15, 0.2) is 42.5 Å². The molecule has 210 valence electrons. The lowest BCUT2D eigenvalue weighted by atomic mass is 9.81. The first-order valence-corrected chi connectivity index (χ1v) is 15.4. The summed E-state index contributed by atoms with van der Waals surface area (Å²) in [5.41, 5.74) is 1.89. The second-order valence-electron chi connectivity index (χ2n) is 11.5. The average molecular weight is 552 g/mol. The quantitative estimate of drug-likeness (QED) is 0.375. The number of amides is 1. The van der Waals surface area contributed by atoms with Crippen LogP contribution >= 0.6 is 11.3 Å². The van der Waals surface area contributed by atoms with Gasteiger partial charge in [-0.05, 0) is 93.9 Å². The van der Waals surface area contributed by atoms with Crippen molar-refractivity contribution in [2.24, 2.45) is 11.8 Å². The van der Waals surface area contributed by atoms with E-state index in [9.17, 15) is 14.7 Å². The van der Waals surface area contributed by atoms with E-state index in [1.165, 1.54) is 24.0 Å². The molecule has 6 nitrogen and oxygen atoms in total. The molecule has 1 amide bonds. The van der Waals surface area contributed by atoms with Gasteiger partial charge in [0.1, 0.15) is 16.7 Å². The number of aliphatic hydroxyl groups excluding tert-OH is 1. The number of nitrogens with zero attached hydrogens (tertiary/aromatic N) is 1. The van der Waals surface area contributed by atoms with Gasteiger partial charge in [0.15, 0.2) is 0 Å². The van der Waals surface area contributed by atoms with Crippen LogP contribution in [-0.4, -0.2) is 42.3 Å². The molecule has 0 aliphatic heterocycles. The Morgan fingerprint density at radius 3 is 2.33 bits per heavy atom. The van der Waals surface area contributed by atoms with Crippen LogP contribution in [0.3, 0.4) is 0 Å². The summed E-state index contributed by atoms with van der Waals surface area (Å²) in [6.07, 6.45) is 11.3. The van der Waals surface area contributed by atoms with E-state index in [4.69, 9.17) is 9.47 Å². The minimum absolute atomic E-state index is 0.0184. The van der Waals surface area contributed by atoms with Crippen LogP contribution in [0.2, 0.25) is 0 Å². The predicted octanol–water partition coefficient (Wildman–Crippen LogP) is 7.01. The molecule has 0 saturated heterocycles. The highest BCUT2D eigenvalue weighted by Gasteiger charge is 2.37. The van der Waals surface area contributed by atoms with E-state index in [1.807, 2.05) is 35.2 Å². The lowest BCUT2D eigenvalue weighted by Gasteiger charge is -2.39. The van der Waals surface area contributed by atoms with Crippen molar-refractivity contribution >= 4 is 34.5 Å². The third-order valence-corrected chi connectivity index (χ3v) is 9.88. The average Bonchev–Trinajstić information content (AvgIpc) is 3.40. The number of hydrogen-bond donors (Lipinski definition) is 1. The van der Waals surface area contributed by atoms with Gasteiger partial charge in [0.25, 0.3) is 0 Å². The maximum Gasteiger partial charge on any atom is 0.350 e. The molecule has 1 heterocycles. The van der Waals surface area contributed by atoms with Crippen molar-refractivity contribution in [1.29, 1.82) is 0 Å². The molecule has 3 aliphatic rings. The van der Waals surface area contributed by atoms with E-state index in [-0.39, 0.29) is 30.1 Å². The number of aliphatic hydroxyl groups is 1. The Bertz CT molecular complexity index is 1160. The molecule has 2 fully saturated rings. The summed E-state index contributed by atoms with van der Waals surface area (Å²) in [6.45, 7) is 2.26. The minimum atomic E-state index is -0.395. The van der Waals surface area contributed by atoms with E-state index in [1.54, 1.807) is 0 Å². The predicted molar refractivity (Wildman–Crippen MR) is 155 cm³/mol. The monoisotopic (exact) mass is 551 g/mol.